The number of hydrogen-bond donors (Lipinski definition) is 0. The van der Waals surface area contributed by atoms with Gasteiger partial charge in [0.25, 0.3) is 0 Å². The van der Waals surface area contributed by atoms with Crippen molar-refractivity contribution in [3.63, 3.8) is 0 Å². The third-order valence-corrected chi connectivity index (χ3v) is 2.71. The van der Waals surface area contributed by atoms with E-state index in [-0.39, 0.29) is 5.91 Å². The number of carbonyl (C=O) groups excluding carboxylic acids is 1. The maximum absolute atomic E-state index is 11.9. The Morgan fingerprint density at radius 3 is 2.43 bits per heavy atom. The fourth-order valence-corrected chi connectivity index (χ4v) is 1.97. The SMILES string of the molecule is C=CC=C1/C(=C\C)C(C)(C)C(=O)N1C. The molecular weight excluding hydrogens is 174 g/mol. The van der Waals surface area contributed by atoms with Gasteiger partial charge in [0.1, 0.15) is 0 Å². The average molecular weight is 191 g/mol. The number of likely N-dealkylation sites (tertiary alicyclic amines) is 1. The molecule has 1 rings (SSSR count). The summed E-state index contributed by atoms with van der Waals surface area (Å²) in [6, 6.07) is 0. The predicted octanol–water partition coefficient (Wildman–Crippen LogP) is 2.50. The summed E-state index contributed by atoms with van der Waals surface area (Å²) >= 11 is 0. The van der Waals surface area contributed by atoms with Crippen molar-refractivity contribution in [3.05, 3.63) is 36.1 Å². The van der Waals surface area contributed by atoms with E-state index in [0.717, 1.165) is 11.3 Å². The number of allylic oxidation sites excluding steroid dienone is 4. The van der Waals surface area contributed by atoms with Crippen LogP contribution in [0.4, 0.5) is 0 Å². The summed E-state index contributed by atoms with van der Waals surface area (Å²) in [6.07, 6.45) is 5.59. The maximum Gasteiger partial charge on any atom is 0.236 e. The topological polar surface area (TPSA) is 20.3 Å². The molecule has 0 aromatic rings. The van der Waals surface area contributed by atoms with Crippen LogP contribution < -0.4 is 0 Å². The summed E-state index contributed by atoms with van der Waals surface area (Å²) in [5, 5.41) is 0. The number of hydrogen-bond acceptors (Lipinski definition) is 1. The van der Waals surface area contributed by atoms with Gasteiger partial charge >= 0.3 is 0 Å². The standard InChI is InChI=1S/C12H17NO/c1-6-8-10-9(7-2)12(3,4)11(14)13(10)5/h6-8H,1H2,2-5H3/b9-7+,10-8?. The molecule has 14 heavy (non-hydrogen) atoms. The highest BCUT2D eigenvalue weighted by Crippen LogP contribution is 2.41. The first-order valence-corrected chi connectivity index (χ1v) is 4.74. The zero-order chi connectivity index (χ0) is 10.9. The van der Waals surface area contributed by atoms with E-state index in [2.05, 4.69) is 6.58 Å². The van der Waals surface area contributed by atoms with Crippen LogP contribution in [-0.4, -0.2) is 17.9 Å². The van der Waals surface area contributed by atoms with Crippen LogP contribution in [0.1, 0.15) is 20.8 Å². The molecule has 1 saturated heterocycles. The van der Waals surface area contributed by atoms with Gasteiger partial charge in [-0.15, -0.1) is 0 Å². The molecular formula is C12H17NO. The molecule has 0 aromatic heterocycles. The second-order valence-corrected chi connectivity index (χ2v) is 3.98. The summed E-state index contributed by atoms with van der Waals surface area (Å²) in [4.78, 5) is 13.6. The number of likely N-dealkylation sites (N-methyl/N-ethyl adjacent to an activating group) is 1. The van der Waals surface area contributed by atoms with Gasteiger partial charge in [-0.25, -0.2) is 0 Å². The lowest BCUT2D eigenvalue weighted by atomic mass is 9.85. The van der Waals surface area contributed by atoms with Crippen molar-refractivity contribution in [2.45, 2.75) is 20.8 Å². The number of nitrogens with zero attached hydrogens (tertiary/aromatic N) is 1. The first-order chi connectivity index (χ1) is 6.46. The molecule has 0 bridgehead atoms. The van der Waals surface area contributed by atoms with Crippen molar-refractivity contribution in [2.75, 3.05) is 7.05 Å². The van der Waals surface area contributed by atoms with E-state index in [4.69, 9.17) is 0 Å². The van der Waals surface area contributed by atoms with E-state index in [9.17, 15) is 4.79 Å². The van der Waals surface area contributed by atoms with Crippen molar-refractivity contribution in [1.82, 2.24) is 4.90 Å². The van der Waals surface area contributed by atoms with Gasteiger partial charge in [0, 0.05) is 12.7 Å². The van der Waals surface area contributed by atoms with Crippen molar-refractivity contribution in [3.8, 4) is 0 Å². The van der Waals surface area contributed by atoms with Gasteiger partial charge in [-0.1, -0.05) is 18.7 Å². The molecule has 1 aliphatic heterocycles. The molecule has 2 nitrogen and oxygen atoms in total. The second kappa shape index (κ2) is 3.45. The van der Waals surface area contributed by atoms with Crippen molar-refractivity contribution >= 4 is 5.91 Å². The molecule has 1 heterocycles. The molecule has 1 aliphatic rings. The molecule has 0 aliphatic carbocycles. The lowest BCUT2D eigenvalue weighted by molar-refractivity contribution is -0.132. The van der Waals surface area contributed by atoms with E-state index in [0.29, 0.717) is 0 Å². The van der Waals surface area contributed by atoms with Crippen LogP contribution in [0.25, 0.3) is 0 Å². The van der Waals surface area contributed by atoms with Crippen molar-refractivity contribution in [1.29, 1.82) is 0 Å². The van der Waals surface area contributed by atoms with Gasteiger partial charge in [-0.3, -0.25) is 4.79 Å². The Morgan fingerprint density at radius 2 is 2.00 bits per heavy atom. The molecule has 76 valence electrons. The van der Waals surface area contributed by atoms with E-state index >= 15 is 0 Å². The maximum atomic E-state index is 11.9. The highest BCUT2D eigenvalue weighted by atomic mass is 16.2. The molecule has 1 fully saturated rings. The number of carbonyl (C=O) groups is 1. The quantitative estimate of drug-likeness (QED) is 0.623. The minimum Gasteiger partial charge on any atom is -0.314 e. The third kappa shape index (κ3) is 1.31. The van der Waals surface area contributed by atoms with Gasteiger partial charge < -0.3 is 4.90 Å². The minimum absolute atomic E-state index is 0.138. The molecule has 0 N–H and O–H groups in total. The highest BCUT2D eigenvalue weighted by Gasteiger charge is 2.43. The predicted molar refractivity (Wildman–Crippen MR) is 58.6 cm³/mol. The normalized spacial score (nSPS) is 26.3. The fraction of sp³-hybridized carbons (Fsp3) is 0.417. The van der Waals surface area contributed by atoms with Crippen LogP contribution >= 0.6 is 0 Å². The Hall–Kier alpha value is -1.31. The van der Waals surface area contributed by atoms with Gasteiger partial charge in [-0.2, -0.15) is 0 Å². The Morgan fingerprint density at radius 1 is 1.43 bits per heavy atom. The molecule has 2 heteroatoms. The molecule has 0 saturated carbocycles. The van der Waals surface area contributed by atoms with Crippen LogP contribution in [0.2, 0.25) is 0 Å². The molecule has 0 spiro atoms. The Bertz CT molecular complexity index is 334. The van der Waals surface area contributed by atoms with E-state index in [1.54, 1.807) is 18.0 Å². The summed E-state index contributed by atoms with van der Waals surface area (Å²) in [7, 11) is 1.80. The lowest BCUT2D eigenvalue weighted by Gasteiger charge is -2.15. The van der Waals surface area contributed by atoms with Crippen molar-refractivity contribution in [2.24, 2.45) is 5.41 Å². The largest absolute Gasteiger partial charge is 0.314 e. The van der Waals surface area contributed by atoms with Gasteiger partial charge in [-0.05, 0) is 32.4 Å². The fourth-order valence-electron chi connectivity index (χ4n) is 1.97. The van der Waals surface area contributed by atoms with Crippen LogP contribution in [-0.2, 0) is 4.79 Å². The lowest BCUT2D eigenvalue weighted by Crippen LogP contribution is -2.27. The first kappa shape index (κ1) is 10.8. The summed E-state index contributed by atoms with van der Waals surface area (Å²) in [6.45, 7) is 9.52. The first-order valence-electron chi connectivity index (χ1n) is 4.74. The zero-order valence-corrected chi connectivity index (χ0v) is 9.29. The zero-order valence-electron chi connectivity index (χ0n) is 9.29. The van der Waals surface area contributed by atoms with E-state index in [1.807, 2.05) is 32.9 Å². The van der Waals surface area contributed by atoms with Crippen molar-refractivity contribution < 1.29 is 4.79 Å². The van der Waals surface area contributed by atoms with E-state index in [1.165, 1.54) is 0 Å². The second-order valence-electron chi connectivity index (χ2n) is 3.98. The molecule has 0 unspecified atom stereocenters. The van der Waals surface area contributed by atoms with Gasteiger partial charge in [0.2, 0.25) is 5.91 Å². The third-order valence-electron chi connectivity index (χ3n) is 2.71. The highest BCUT2D eigenvalue weighted by molar-refractivity contribution is 5.92. The Kier molecular flexibility index (Phi) is 2.65. The number of rotatable bonds is 1. The van der Waals surface area contributed by atoms with Crippen LogP contribution in [0.3, 0.4) is 0 Å². The summed E-state index contributed by atoms with van der Waals surface area (Å²) < 4.78 is 0. The molecule has 0 aromatic carbocycles. The van der Waals surface area contributed by atoms with Crippen LogP contribution in [0.15, 0.2) is 36.1 Å². The molecule has 0 radical (unpaired) electrons. The molecule has 0 atom stereocenters. The average Bonchev–Trinajstić information content (AvgIpc) is 2.28. The molecule has 1 amide bonds. The minimum atomic E-state index is -0.404. The number of amides is 1. The van der Waals surface area contributed by atoms with Crippen LogP contribution in [0.5, 0.6) is 0 Å². The summed E-state index contributed by atoms with van der Waals surface area (Å²) in [5.41, 5.74) is 1.63. The van der Waals surface area contributed by atoms with Crippen LogP contribution in [0, 0.1) is 5.41 Å². The van der Waals surface area contributed by atoms with Gasteiger partial charge in [0.05, 0.1) is 5.41 Å². The Balaban J connectivity index is 3.31. The van der Waals surface area contributed by atoms with E-state index < -0.39 is 5.41 Å². The monoisotopic (exact) mass is 191 g/mol. The van der Waals surface area contributed by atoms with Gasteiger partial charge in [0.15, 0.2) is 0 Å². The Labute approximate surface area is 85.6 Å². The summed E-state index contributed by atoms with van der Waals surface area (Å²) in [5.74, 6) is 0.138. The smallest absolute Gasteiger partial charge is 0.236 e.